The van der Waals surface area contributed by atoms with Crippen LogP contribution in [0.5, 0.6) is 0 Å². The predicted molar refractivity (Wildman–Crippen MR) is 72.4 cm³/mol. The zero-order valence-corrected chi connectivity index (χ0v) is 11.8. The van der Waals surface area contributed by atoms with E-state index in [0.717, 1.165) is 18.8 Å². The number of aryl methyl sites for hydroxylation is 1. The molecule has 19 heavy (non-hydrogen) atoms. The lowest BCUT2D eigenvalue weighted by Crippen LogP contribution is -2.44. The molecule has 2 rings (SSSR count). The Morgan fingerprint density at radius 1 is 1.63 bits per heavy atom. The molecule has 1 aliphatic rings. The van der Waals surface area contributed by atoms with Crippen LogP contribution >= 0.6 is 0 Å². The van der Waals surface area contributed by atoms with Gasteiger partial charge in [-0.25, -0.2) is 4.79 Å². The van der Waals surface area contributed by atoms with Gasteiger partial charge in [-0.2, -0.15) is 0 Å². The van der Waals surface area contributed by atoms with Gasteiger partial charge < -0.3 is 14.4 Å². The molecule has 1 aliphatic heterocycles. The predicted octanol–water partition coefficient (Wildman–Crippen LogP) is 1.81. The molecule has 1 unspecified atom stereocenters. The molecule has 1 saturated heterocycles. The highest BCUT2D eigenvalue weighted by molar-refractivity contribution is 5.86. The van der Waals surface area contributed by atoms with Crippen LogP contribution in [0.2, 0.25) is 0 Å². The Kier molecular flexibility index (Phi) is 4.27. The Morgan fingerprint density at radius 2 is 2.37 bits per heavy atom. The largest absolute Gasteiger partial charge is 0.475 e. The van der Waals surface area contributed by atoms with Gasteiger partial charge in [-0.15, -0.1) is 0 Å². The fraction of sp³-hybridized carbons (Fsp3) is 0.643. The summed E-state index contributed by atoms with van der Waals surface area (Å²) in [5.41, 5.74) is 0.691. The Hall–Kier alpha value is -1.33. The van der Waals surface area contributed by atoms with Gasteiger partial charge >= 0.3 is 5.97 Å². The van der Waals surface area contributed by atoms with Gasteiger partial charge in [0.1, 0.15) is 5.76 Å². The van der Waals surface area contributed by atoms with E-state index < -0.39 is 5.97 Å². The first-order valence-electron chi connectivity index (χ1n) is 6.68. The van der Waals surface area contributed by atoms with Crippen molar-refractivity contribution in [2.24, 2.45) is 0 Å². The number of hydrogen-bond donors (Lipinski definition) is 1. The molecule has 1 N–H and O–H groups in total. The monoisotopic (exact) mass is 266 g/mol. The van der Waals surface area contributed by atoms with Crippen LogP contribution in [0.4, 0.5) is 0 Å². The van der Waals surface area contributed by atoms with Crippen LogP contribution in [-0.4, -0.2) is 54.1 Å². The SMILES string of the molecule is Cc1cc(CN(C)C2CCCN(C)C2)oc1C(=O)O. The number of furan rings is 1. The first-order valence-corrected chi connectivity index (χ1v) is 6.68. The van der Waals surface area contributed by atoms with Crippen molar-refractivity contribution in [1.82, 2.24) is 9.80 Å². The topological polar surface area (TPSA) is 56.9 Å². The van der Waals surface area contributed by atoms with Gasteiger partial charge in [-0.1, -0.05) is 0 Å². The number of carbonyl (C=O) groups is 1. The molecule has 1 fully saturated rings. The summed E-state index contributed by atoms with van der Waals surface area (Å²) < 4.78 is 5.41. The van der Waals surface area contributed by atoms with Gasteiger partial charge in [0.25, 0.3) is 0 Å². The van der Waals surface area contributed by atoms with Crippen molar-refractivity contribution in [3.63, 3.8) is 0 Å². The van der Waals surface area contributed by atoms with Crippen molar-refractivity contribution in [2.45, 2.75) is 32.4 Å². The minimum Gasteiger partial charge on any atom is -0.475 e. The molecule has 1 aromatic rings. The molecular formula is C14H22N2O3. The number of likely N-dealkylation sites (tertiary alicyclic amines) is 1. The van der Waals surface area contributed by atoms with E-state index in [1.54, 1.807) is 6.92 Å². The normalized spacial score (nSPS) is 20.9. The lowest BCUT2D eigenvalue weighted by atomic mass is 10.1. The molecule has 1 atom stereocenters. The third kappa shape index (κ3) is 3.36. The van der Waals surface area contributed by atoms with E-state index in [0.29, 0.717) is 18.2 Å². The molecule has 0 saturated carbocycles. The van der Waals surface area contributed by atoms with Gasteiger partial charge in [0.2, 0.25) is 5.76 Å². The van der Waals surface area contributed by atoms with Gasteiger partial charge in [-0.3, -0.25) is 4.90 Å². The number of carboxylic acid groups (broad SMARTS) is 1. The van der Waals surface area contributed by atoms with E-state index in [1.165, 1.54) is 12.8 Å². The van der Waals surface area contributed by atoms with Crippen LogP contribution in [0.15, 0.2) is 10.5 Å². The maximum absolute atomic E-state index is 11.0. The maximum Gasteiger partial charge on any atom is 0.372 e. The molecule has 1 aromatic heterocycles. The lowest BCUT2D eigenvalue weighted by Gasteiger charge is -2.35. The minimum absolute atomic E-state index is 0.0594. The highest BCUT2D eigenvalue weighted by Crippen LogP contribution is 2.19. The van der Waals surface area contributed by atoms with E-state index in [4.69, 9.17) is 9.52 Å². The number of aromatic carboxylic acids is 1. The highest BCUT2D eigenvalue weighted by atomic mass is 16.4. The number of likely N-dealkylation sites (N-methyl/N-ethyl adjacent to an activating group) is 2. The van der Waals surface area contributed by atoms with Crippen LogP contribution in [0, 0.1) is 6.92 Å². The third-order valence-electron chi connectivity index (χ3n) is 3.79. The summed E-state index contributed by atoms with van der Waals surface area (Å²) in [7, 11) is 4.21. The van der Waals surface area contributed by atoms with Gasteiger partial charge in [-0.05, 0) is 46.5 Å². The average molecular weight is 266 g/mol. The maximum atomic E-state index is 11.0. The standard InChI is InChI=1S/C14H22N2O3/c1-10-7-12(19-13(10)14(17)18)9-16(3)11-5-4-6-15(2)8-11/h7,11H,4-6,8-9H2,1-3H3,(H,17,18). The number of carboxylic acids is 1. The molecule has 2 heterocycles. The molecule has 106 valence electrons. The van der Waals surface area contributed by atoms with Crippen LogP contribution in [-0.2, 0) is 6.54 Å². The van der Waals surface area contributed by atoms with Crippen molar-refractivity contribution in [2.75, 3.05) is 27.2 Å². The van der Waals surface area contributed by atoms with Crippen molar-refractivity contribution in [1.29, 1.82) is 0 Å². The summed E-state index contributed by atoms with van der Waals surface area (Å²) in [6.45, 7) is 4.65. The second-order valence-electron chi connectivity index (χ2n) is 5.50. The molecule has 0 bridgehead atoms. The number of piperidine rings is 1. The van der Waals surface area contributed by atoms with Crippen LogP contribution < -0.4 is 0 Å². The van der Waals surface area contributed by atoms with Gasteiger partial charge in [0.15, 0.2) is 0 Å². The summed E-state index contributed by atoms with van der Waals surface area (Å²) in [4.78, 5) is 15.5. The summed E-state index contributed by atoms with van der Waals surface area (Å²) in [5.74, 6) is -0.210. The molecule has 0 amide bonds. The molecule has 5 nitrogen and oxygen atoms in total. The molecule has 0 spiro atoms. The van der Waals surface area contributed by atoms with Crippen molar-refractivity contribution in [3.05, 3.63) is 23.2 Å². The Labute approximate surface area is 113 Å². The smallest absolute Gasteiger partial charge is 0.372 e. The van der Waals surface area contributed by atoms with E-state index in [-0.39, 0.29) is 5.76 Å². The summed E-state index contributed by atoms with van der Waals surface area (Å²) in [5, 5.41) is 8.98. The average Bonchev–Trinajstić information content (AvgIpc) is 2.70. The van der Waals surface area contributed by atoms with Crippen LogP contribution in [0.3, 0.4) is 0 Å². The van der Waals surface area contributed by atoms with Crippen molar-refractivity contribution < 1.29 is 14.3 Å². The molecule has 0 aromatic carbocycles. The number of nitrogens with zero attached hydrogens (tertiary/aromatic N) is 2. The van der Waals surface area contributed by atoms with E-state index >= 15 is 0 Å². The molecule has 0 aliphatic carbocycles. The fourth-order valence-corrected chi connectivity index (χ4v) is 2.71. The summed E-state index contributed by atoms with van der Waals surface area (Å²) >= 11 is 0. The lowest BCUT2D eigenvalue weighted by molar-refractivity contribution is 0.0655. The zero-order chi connectivity index (χ0) is 14.0. The first-order chi connectivity index (χ1) is 8.97. The summed E-state index contributed by atoms with van der Waals surface area (Å²) in [6, 6.07) is 2.34. The van der Waals surface area contributed by atoms with Crippen LogP contribution in [0.25, 0.3) is 0 Å². The third-order valence-corrected chi connectivity index (χ3v) is 3.79. The fourth-order valence-electron chi connectivity index (χ4n) is 2.71. The number of rotatable bonds is 4. The van der Waals surface area contributed by atoms with Crippen molar-refractivity contribution >= 4 is 5.97 Å². The molecule has 5 heteroatoms. The summed E-state index contributed by atoms with van der Waals surface area (Å²) in [6.07, 6.45) is 2.40. The molecule has 0 radical (unpaired) electrons. The second-order valence-corrected chi connectivity index (χ2v) is 5.50. The Morgan fingerprint density at radius 3 is 2.95 bits per heavy atom. The first kappa shape index (κ1) is 14.1. The van der Waals surface area contributed by atoms with E-state index in [9.17, 15) is 4.79 Å². The number of hydrogen-bond acceptors (Lipinski definition) is 4. The Bertz CT molecular complexity index is 456. The minimum atomic E-state index is -0.996. The zero-order valence-electron chi connectivity index (χ0n) is 11.8. The van der Waals surface area contributed by atoms with E-state index in [1.807, 2.05) is 6.07 Å². The van der Waals surface area contributed by atoms with Crippen LogP contribution in [0.1, 0.15) is 34.7 Å². The second kappa shape index (κ2) is 5.75. The highest BCUT2D eigenvalue weighted by Gasteiger charge is 2.22. The van der Waals surface area contributed by atoms with E-state index in [2.05, 4.69) is 23.9 Å². The van der Waals surface area contributed by atoms with Gasteiger partial charge in [0.05, 0.1) is 6.54 Å². The van der Waals surface area contributed by atoms with Crippen molar-refractivity contribution in [3.8, 4) is 0 Å². The Balaban J connectivity index is 2.00. The quantitative estimate of drug-likeness (QED) is 0.900. The molecular weight excluding hydrogens is 244 g/mol. The van der Waals surface area contributed by atoms with Gasteiger partial charge in [0, 0.05) is 18.2 Å².